The third-order valence-electron chi connectivity index (χ3n) is 5.48. The number of nitrogens with one attached hydrogen (secondary N) is 2. The number of hydrogen-bond donors (Lipinski definition) is 2. The van der Waals surface area contributed by atoms with Gasteiger partial charge in [-0.25, -0.2) is 0 Å². The molecule has 1 saturated carbocycles. The number of amides is 1. The lowest BCUT2D eigenvalue weighted by Gasteiger charge is -2.39. The van der Waals surface area contributed by atoms with E-state index in [1.807, 2.05) is 0 Å². The van der Waals surface area contributed by atoms with E-state index in [-0.39, 0.29) is 5.91 Å². The van der Waals surface area contributed by atoms with Crippen LogP contribution in [0.3, 0.4) is 0 Å². The van der Waals surface area contributed by atoms with Crippen molar-refractivity contribution in [2.24, 2.45) is 11.3 Å². The van der Waals surface area contributed by atoms with E-state index in [0.29, 0.717) is 23.9 Å². The van der Waals surface area contributed by atoms with Crippen molar-refractivity contribution in [3.63, 3.8) is 0 Å². The van der Waals surface area contributed by atoms with Crippen LogP contribution in [0.1, 0.15) is 65.7 Å². The van der Waals surface area contributed by atoms with Crippen molar-refractivity contribution >= 4 is 5.91 Å². The highest BCUT2D eigenvalue weighted by Crippen LogP contribution is 2.40. The molecule has 1 aliphatic heterocycles. The monoisotopic (exact) mass is 266 g/mol. The van der Waals surface area contributed by atoms with E-state index >= 15 is 0 Å². The van der Waals surface area contributed by atoms with Crippen LogP contribution in [0.5, 0.6) is 0 Å². The van der Waals surface area contributed by atoms with Gasteiger partial charge < -0.3 is 10.6 Å². The molecule has 2 aliphatic rings. The van der Waals surface area contributed by atoms with Crippen LogP contribution in [-0.4, -0.2) is 24.5 Å². The zero-order valence-corrected chi connectivity index (χ0v) is 12.8. The minimum atomic E-state index is 0.222. The van der Waals surface area contributed by atoms with Gasteiger partial charge in [0.05, 0.1) is 0 Å². The number of rotatable bonds is 5. The van der Waals surface area contributed by atoms with Gasteiger partial charge in [-0.3, -0.25) is 4.79 Å². The molecule has 19 heavy (non-hydrogen) atoms. The molecule has 3 heteroatoms. The van der Waals surface area contributed by atoms with E-state index < -0.39 is 0 Å². The van der Waals surface area contributed by atoms with Crippen LogP contribution < -0.4 is 10.6 Å². The predicted octanol–water partition coefficient (Wildman–Crippen LogP) is 2.85. The average Bonchev–Trinajstić information content (AvgIpc) is 2.83. The third-order valence-corrected chi connectivity index (χ3v) is 5.48. The molecule has 0 bridgehead atoms. The van der Waals surface area contributed by atoms with E-state index in [2.05, 4.69) is 31.4 Å². The molecular formula is C16H30N2O. The lowest BCUT2D eigenvalue weighted by molar-refractivity contribution is -0.119. The summed E-state index contributed by atoms with van der Waals surface area (Å²) in [7, 11) is 0. The highest BCUT2D eigenvalue weighted by molar-refractivity contribution is 5.78. The van der Waals surface area contributed by atoms with Crippen LogP contribution in [0.25, 0.3) is 0 Å². The summed E-state index contributed by atoms with van der Waals surface area (Å²) < 4.78 is 0. The summed E-state index contributed by atoms with van der Waals surface area (Å²) in [5.41, 5.74) is 0.504. The Morgan fingerprint density at radius 3 is 2.42 bits per heavy atom. The Morgan fingerprint density at radius 1 is 1.21 bits per heavy atom. The van der Waals surface area contributed by atoms with Gasteiger partial charge in [-0.05, 0) is 43.4 Å². The van der Waals surface area contributed by atoms with Crippen LogP contribution >= 0.6 is 0 Å². The van der Waals surface area contributed by atoms with Gasteiger partial charge in [0.2, 0.25) is 5.91 Å². The molecule has 1 heterocycles. The number of carbonyl (C=O) groups is 1. The molecule has 2 fully saturated rings. The summed E-state index contributed by atoms with van der Waals surface area (Å²) in [4.78, 5) is 11.2. The van der Waals surface area contributed by atoms with Crippen LogP contribution in [0, 0.1) is 11.3 Å². The van der Waals surface area contributed by atoms with Crippen molar-refractivity contribution in [1.82, 2.24) is 10.6 Å². The Kier molecular flexibility index (Phi) is 4.88. The zero-order valence-electron chi connectivity index (χ0n) is 12.8. The van der Waals surface area contributed by atoms with Gasteiger partial charge in [0, 0.05) is 25.0 Å². The quantitative estimate of drug-likeness (QED) is 0.803. The van der Waals surface area contributed by atoms with E-state index in [9.17, 15) is 4.79 Å². The molecule has 0 radical (unpaired) electrons. The lowest BCUT2D eigenvalue weighted by atomic mass is 9.69. The first-order valence-electron chi connectivity index (χ1n) is 8.04. The molecule has 1 saturated heterocycles. The Morgan fingerprint density at radius 2 is 1.89 bits per heavy atom. The third kappa shape index (κ3) is 3.95. The molecule has 2 rings (SSSR count). The molecule has 1 amide bonds. The van der Waals surface area contributed by atoms with Gasteiger partial charge in [0.15, 0.2) is 0 Å². The smallest absolute Gasteiger partial charge is 0.220 e. The fourth-order valence-corrected chi connectivity index (χ4v) is 3.51. The largest absolute Gasteiger partial charge is 0.352 e. The first-order chi connectivity index (χ1) is 9.01. The minimum Gasteiger partial charge on any atom is -0.352 e. The second kappa shape index (κ2) is 6.25. The molecule has 1 aliphatic carbocycles. The van der Waals surface area contributed by atoms with Crippen molar-refractivity contribution in [3.05, 3.63) is 0 Å². The van der Waals surface area contributed by atoms with E-state index in [1.165, 1.54) is 32.1 Å². The first kappa shape index (κ1) is 14.8. The molecule has 110 valence electrons. The van der Waals surface area contributed by atoms with Gasteiger partial charge >= 0.3 is 0 Å². The molecule has 0 spiro atoms. The van der Waals surface area contributed by atoms with Gasteiger partial charge in [-0.1, -0.05) is 27.2 Å². The number of hydrogen-bond acceptors (Lipinski definition) is 2. The number of carbonyl (C=O) groups excluding carboxylic acids is 1. The fourth-order valence-electron chi connectivity index (χ4n) is 3.51. The van der Waals surface area contributed by atoms with Crippen molar-refractivity contribution < 1.29 is 4.79 Å². The van der Waals surface area contributed by atoms with Gasteiger partial charge in [-0.2, -0.15) is 0 Å². The van der Waals surface area contributed by atoms with Crippen LogP contribution in [0.15, 0.2) is 0 Å². The van der Waals surface area contributed by atoms with Crippen molar-refractivity contribution in [1.29, 1.82) is 0 Å². The van der Waals surface area contributed by atoms with Crippen LogP contribution in [-0.2, 0) is 4.79 Å². The Hall–Kier alpha value is -0.570. The summed E-state index contributed by atoms with van der Waals surface area (Å²) in [5.74, 6) is 1.11. The van der Waals surface area contributed by atoms with Gasteiger partial charge in [0.25, 0.3) is 0 Å². The standard InChI is InChI=1S/C16H30N2O/c1-4-16(2,3)12-5-7-13(8-6-12)17-11-14-9-10-15(19)18-14/h12-14,17H,4-11H2,1-3H3,(H,18,19). The Bertz CT molecular complexity index is 306. The Labute approximate surface area is 117 Å². The molecule has 0 aromatic rings. The summed E-state index contributed by atoms with van der Waals surface area (Å²) >= 11 is 0. The lowest BCUT2D eigenvalue weighted by Crippen LogP contribution is -2.43. The van der Waals surface area contributed by atoms with Crippen molar-refractivity contribution in [2.75, 3.05) is 6.54 Å². The predicted molar refractivity (Wildman–Crippen MR) is 79.0 cm³/mol. The van der Waals surface area contributed by atoms with E-state index in [4.69, 9.17) is 0 Å². The summed E-state index contributed by atoms with van der Waals surface area (Å²) in [6.07, 6.45) is 8.31. The molecule has 2 N–H and O–H groups in total. The van der Waals surface area contributed by atoms with E-state index in [0.717, 1.165) is 18.9 Å². The highest BCUT2D eigenvalue weighted by Gasteiger charge is 2.32. The maximum Gasteiger partial charge on any atom is 0.220 e. The summed E-state index contributed by atoms with van der Waals surface area (Å²) in [5, 5.41) is 6.69. The van der Waals surface area contributed by atoms with Gasteiger partial charge in [-0.15, -0.1) is 0 Å². The summed E-state index contributed by atoms with van der Waals surface area (Å²) in [6.45, 7) is 8.10. The minimum absolute atomic E-state index is 0.222. The topological polar surface area (TPSA) is 41.1 Å². The SMILES string of the molecule is CCC(C)(C)C1CCC(NCC2CCC(=O)N2)CC1. The average molecular weight is 266 g/mol. The highest BCUT2D eigenvalue weighted by atomic mass is 16.1. The van der Waals surface area contributed by atoms with Crippen LogP contribution in [0.4, 0.5) is 0 Å². The van der Waals surface area contributed by atoms with Crippen LogP contribution in [0.2, 0.25) is 0 Å². The molecule has 0 aromatic carbocycles. The maximum atomic E-state index is 11.2. The molecule has 1 unspecified atom stereocenters. The maximum absolute atomic E-state index is 11.2. The molecule has 3 nitrogen and oxygen atoms in total. The second-order valence-electron chi connectivity index (χ2n) is 7.10. The molecule has 0 aromatic heterocycles. The van der Waals surface area contributed by atoms with Crippen molar-refractivity contribution in [3.8, 4) is 0 Å². The normalized spacial score (nSPS) is 32.4. The van der Waals surface area contributed by atoms with Crippen molar-refractivity contribution in [2.45, 2.75) is 77.8 Å². The Balaban J connectivity index is 1.67. The van der Waals surface area contributed by atoms with E-state index in [1.54, 1.807) is 0 Å². The fraction of sp³-hybridized carbons (Fsp3) is 0.938. The second-order valence-corrected chi connectivity index (χ2v) is 7.10. The van der Waals surface area contributed by atoms with Gasteiger partial charge in [0.1, 0.15) is 0 Å². The first-order valence-corrected chi connectivity index (χ1v) is 8.04. The summed E-state index contributed by atoms with van der Waals surface area (Å²) in [6, 6.07) is 1.04. The molecular weight excluding hydrogens is 236 g/mol. The zero-order chi connectivity index (χ0) is 13.9. The molecule has 1 atom stereocenters.